The standard InChI is InChI=1S/C11H19N3O3/c1-5-17-11(15)9-10(12)14(8(3)13-9)7(2)6-16-4/h7H,5-6,12H2,1-4H3. The summed E-state index contributed by atoms with van der Waals surface area (Å²) in [6, 6.07) is 0.0238. The second-order valence-corrected chi connectivity index (χ2v) is 3.79. The normalized spacial score (nSPS) is 12.5. The van der Waals surface area contributed by atoms with Crippen LogP contribution in [-0.2, 0) is 9.47 Å². The highest BCUT2D eigenvalue weighted by Gasteiger charge is 2.22. The number of aromatic nitrogens is 2. The fraction of sp³-hybridized carbons (Fsp3) is 0.636. The van der Waals surface area contributed by atoms with Crippen molar-refractivity contribution in [2.75, 3.05) is 26.1 Å². The third-order valence-corrected chi connectivity index (χ3v) is 2.44. The molecule has 1 aromatic rings. The van der Waals surface area contributed by atoms with Gasteiger partial charge in [-0.15, -0.1) is 0 Å². The number of nitrogens with zero attached hydrogens (tertiary/aromatic N) is 2. The van der Waals surface area contributed by atoms with Gasteiger partial charge in [-0.2, -0.15) is 0 Å². The number of rotatable bonds is 5. The zero-order valence-electron chi connectivity index (χ0n) is 10.7. The molecule has 0 aliphatic rings. The molecule has 17 heavy (non-hydrogen) atoms. The molecule has 2 N–H and O–H groups in total. The molecular formula is C11H19N3O3. The summed E-state index contributed by atoms with van der Waals surface area (Å²) in [5.74, 6) is 0.511. The highest BCUT2D eigenvalue weighted by molar-refractivity contribution is 5.92. The van der Waals surface area contributed by atoms with Crippen molar-refractivity contribution in [2.24, 2.45) is 0 Å². The van der Waals surface area contributed by atoms with Crippen LogP contribution in [0.5, 0.6) is 0 Å². The summed E-state index contributed by atoms with van der Waals surface area (Å²) >= 11 is 0. The van der Waals surface area contributed by atoms with E-state index in [-0.39, 0.29) is 11.7 Å². The molecule has 0 radical (unpaired) electrons. The smallest absolute Gasteiger partial charge is 0.360 e. The molecule has 1 rings (SSSR count). The molecule has 1 heterocycles. The lowest BCUT2D eigenvalue weighted by Crippen LogP contribution is -2.16. The van der Waals surface area contributed by atoms with E-state index in [4.69, 9.17) is 15.2 Å². The zero-order valence-corrected chi connectivity index (χ0v) is 10.7. The Bertz CT molecular complexity index is 401. The van der Waals surface area contributed by atoms with Crippen molar-refractivity contribution in [1.82, 2.24) is 9.55 Å². The van der Waals surface area contributed by atoms with Crippen molar-refractivity contribution in [3.8, 4) is 0 Å². The third-order valence-electron chi connectivity index (χ3n) is 2.44. The van der Waals surface area contributed by atoms with Crippen LogP contribution in [0.4, 0.5) is 5.82 Å². The lowest BCUT2D eigenvalue weighted by molar-refractivity contribution is 0.0521. The largest absolute Gasteiger partial charge is 0.461 e. The molecule has 96 valence electrons. The van der Waals surface area contributed by atoms with Gasteiger partial charge in [-0.25, -0.2) is 9.78 Å². The topological polar surface area (TPSA) is 79.4 Å². The van der Waals surface area contributed by atoms with Gasteiger partial charge in [0, 0.05) is 7.11 Å². The minimum absolute atomic E-state index is 0.0238. The first-order chi connectivity index (χ1) is 8.02. The number of carbonyl (C=O) groups excluding carboxylic acids is 1. The fourth-order valence-electron chi connectivity index (χ4n) is 1.78. The van der Waals surface area contributed by atoms with Crippen molar-refractivity contribution in [1.29, 1.82) is 0 Å². The van der Waals surface area contributed by atoms with Gasteiger partial charge in [-0.1, -0.05) is 0 Å². The summed E-state index contributed by atoms with van der Waals surface area (Å²) in [6.45, 7) is 6.29. The Morgan fingerprint density at radius 2 is 2.24 bits per heavy atom. The van der Waals surface area contributed by atoms with E-state index in [0.717, 1.165) is 0 Å². The summed E-state index contributed by atoms with van der Waals surface area (Å²) in [5.41, 5.74) is 6.08. The molecule has 0 fully saturated rings. The number of nitrogen functional groups attached to an aromatic ring is 1. The number of aryl methyl sites for hydroxylation is 1. The number of esters is 1. The van der Waals surface area contributed by atoms with E-state index >= 15 is 0 Å². The van der Waals surface area contributed by atoms with Gasteiger partial charge in [-0.05, 0) is 20.8 Å². The van der Waals surface area contributed by atoms with Gasteiger partial charge in [0.15, 0.2) is 5.69 Å². The summed E-state index contributed by atoms with van der Waals surface area (Å²) in [4.78, 5) is 15.7. The Morgan fingerprint density at radius 3 is 2.76 bits per heavy atom. The van der Waals surface area contributed by atoms with E-state index in [1.54, 1.807) is 25.5 Å². The van der Waals surface area contributed by atoms with Crippen molar-refractivity contribution < 1.29 is 14.3 Å². The Hall–Kier alpha value is -1.56. The summed E-state index contributed by atoms with van der Waals surface area (Å²) < 4.78 is 11.7. The van der Waals surface area contributed by atoms with Crippen molar-refractivity contribution in [3.05, 3.63) is 11.5 Å². The van der Waals surface area contributed by atoms with Crippen molar-refractivity contribution in [2.45, 2.75) is 26.8 Å². The molecule has 0 saturated carbocycles. The van der Waals surface area contributed by atoms with Gasteiger partial charge >= 0.3 is 5.97 Å². The first-order valence-electron chi connectivity index (χ1n) is 5.53. The highest BCUT2D eigenvalue weighted by atomic mass is 16.5. The molecule has 0 bridgehead atoms. The molecule has 0 aromatic carbocycles. The van der Waals surface area contributed by atoms with Crippen LogP contribution >= 0.6 is 0 Å². The second-order valence-electron chi connectivity index (χ2n) is 3.79. The fourth-order valence-corrected chi connectivity index (χ4v) is 1.78. The molecule has 1 unspecified atom stereocenters. The van der Waals surface area contributed by atoms with Gasteiger partial charge in [-0.3, -0.25) is 0 Å². The number of anilines is 1. The van der Waals surface area contributed by atoms with Crippen LogP contribution in [0.3, 0.4) is 0 Å². The van der Waals surface area contributed by atoms with Crippen LogP contribution in [0, 0.1) is 6.92 Å². The summed E-state index contributed by atoms with van der Waals surface area (Å²) in [5, 5.41) is 0. The van der Waals surface area contributed by atoms with Crippen LogP contribution in [0.1, 0.15) is 36.2 Å². The molecule has 0 aliphatic carbocycles. The van der Waals surface area contributed by atoms with Crippen LogP contribution < -0.4 is 5.73 Å². The predicted octanol–water partition coefficient (Wildman–Crippen LogP) is 1.16. The number of carbonyl (C=O) groups is 1. The van der Waals surface area contributed by atoms with Crippen LogP contribution in [0.2, 0.25) is 0 Å². The Morgan fingerprint density at radius 1 is 1.59 bits per heavy atom. The Labute approximate surface area is 101 Å². The number of imidazole rings is 1. The van der Waals surface area contributed by atoms with E-state index in [2.05, 4.69) is 4.98 Å². The molecular weight excluding hydrogens is 222 g/mol. The Kier molecular flexibility index (Phi) is 4.51. The number of ether oxygens (including phenoxy) is 2. The van der Waals surface area contributed by atoms with E-state index in [9.17, 15) is 4.79 Å². The first kappa shape index (κ1) is 13.5. The SMILES string of the molecule is CCOC(=O)c1nc(C)n(C(C)COC)c1N. The van der Waals surface area contributed by atoms with Crippen LogP contribution in [0.15, 0.2) is 0 Å². The zero-order chi connectivity index (χ0) is 13.0. The van der Waals surface area contributed by atoms with E-state index in [0.29, 0.717) is 24.9 Å². The lowest BCUT2D eigenvalue weighted by atomic mass is 10.3. The van der Waals surface area contributed by atoms with Crippen LogP contribution in [-0.4, -0.2) is 35.8 Å². The minimum atomic E-state index is -0.489. The monoisotopic (exact) mass is 241 g/mol. The maximum absolute atomic E-state index is 11.6. The number of hydrogen-bond donors (Lipinski definition) is 1. The van der Waals surface area contributed by atoms with Gasteiger partial charge in [0.25, 0.3) is 0 Å². The molecule has 1 aromatic heterocycles. The summed E-state index contributed by atoms with van der Waals surface area (Å²) in [7, 11) is 1.62. The third kappa shape index (κ3) is 2.76. The number of methoxy groups -OCH3 is 1. The molecule has 1 atom stereocenters. The van der Waals surface area contributed by atoms with Gasteiger partial charge in [0.05, 0.1) is 19.3 Å². The molecule has 0 saturated heterocycles. The quantitative estimate of drug-likeness (QED) is 0.782. The second kappa shape index (κ2) is 5.67. The predicted molar refractivity (Wildman–Crippen MR) is 63.9 cm³/mol. The highest BCUT2D eigenvalue weighted by Crippen LogP contribution is 2.20. The Balaban J connectivity index is 3.05. The van der Waals surface area contributed by atoms with Crippen molar-refractivity contribution in [3.63, 3.8) is 0 Å². The van der Waals surface area contributed by atoms with Crippen molar-refractivity contribution >= 4 is 11.8 Å². The molecule has 6 heteroatoms. The molecule has 0 spiro atoms. The van der Waals surface area contributed by atoms with E-state index < -0.39 is 5.97 Å². The maximum Gasteiger partial charge on any atom is 0.360 e. The first-order valence-corrected chi connectivity index (χ1v) is 5.53. The van der Waals surface area contributed by atoms with Gasteiger partial charge in [0.2, 0.25) is 0 Å². The molecule has 0 amide bonds. The number of nitrogens with two attached hydrogens (primary N) is 1. The number of hydrogen-bond acceptors (Lipinski definition) is 5. The average molecular weight is 241 g/mol. The van der Waals surface area contributed by atoms with Gasteiger partial charge < -0.3 is 19.8 Å². The minimum Gasteiger partial charge on any atom is -0.461 e. The van der Waals surface area contributed by atoms with Gasteiger partial charge in [0.1, 0.15) is 11.6 Å². The maximum atomic E-state index is 11.6. The van der Waals surface area contributed by atoms with E-state index in [1.165, 1.54) is 0 Å². The average Bonchev–Trinajstić information content (AvgIpc) is 2.55. The van der Waals surface area contributed by atoms with Crippen LogP contribution in [0.25, 0.3) is 0 Å². The molecule has 6 nitrogen and oxygen atoms in total. The lowest BCUT2D eigenvalue weighted by Gasteiger charge is -2.15. The summed E-state index contributed by atoms with van der Waals surface area (Å²) in [6.07, 6.45) is 0. The molecule has 0 aliphatic heterocycles. The van der Waals surface area contributed by atoms with E-state index in [1.807, 2.05) is 6.92 Å².